The lowest BCUT2D eigenvalue weighted by atomic mass is 9.97. The van der Waals surface area contributed by atoms with Crippen molar-refractivity contribution in [2.45, 2.75) is 18.9 Å². The second-order valence-corrected chi connectivity index (χ2v) is 5.72. The van der Waals surface area contributed by atoms with Gasteiger partial charge in [-0.1, -0.05) is 46.3 Å². The summed E-state index contributed by atoms with van der Waals surface area (Å²) >= 11 is 3.57. The summed E-state index contributed by atoms with van der Waals surface area (Å²) in [6.45, 7) is 0.790. The highest BCUT2D eigenvalue weighted by Crippen LogP contribution is 2.29. The summed E-state index contributed by atoms with van der Waals surface area (Å²) < 4.78 is 6.64. The first-order valence-corrected chi connectivity index (χ1v) is 7.28. The Hall–Kier alpha value is -1.32. The van der Waals surface area contributed by atoms with Crippen molar-refractivity contribution in [1.82, 2.24) is 0 Å². The molecule has 2 aromatic rings. The van der Waals surface area contributed by atoms with Gasteiger partial charge in [0, 0.05) is 16.9 Å². The van der Waals surface area contributed by atoms with Crippen molar-refractivity contribution in [2.24, 2.45) is 5.73 Å². The van der Waals surface area contributed by atoms with Crippen molar-refractivity contribution >= 4 is 15.9 Å². The van der Waals surface area contributed by atoms with Crippen molar-refractivity contribution in [3.05, 3.63) is 63.6 Å². The fourth-order valence-electron chi connectivity index (χ4n) is 2.46. The number of fused-ring (bicyclic) bond motifs is 1. The average molecular weight is 318 g/mol. The predicted octanol–water partition coefficient (Wildman–Crippen LogP) is 3.63. The van der Waals surface area contributed by atoms with Crippen LogP contribution in [-0.4, -0.2) is 6.61 Å². The molecule has 0 amide bonds. The zero-order chi connectivity index (χ0) is 13.2. The zero-order valence-corrected chi connectivity index (χ0v) is 12.2. The third-order valence-corrected chi connectivity index (χ3v) is 4.31. The number of nitrogens with two attached hydrogens (primary N) is 1. The molecule has 0 saturated heterocycles. The summed E-state index contributed by atoms with van der Waals surface area (Å²) in [5, 5.41) is 0. The number of halogens is 1. The van der Waals surface area contributed by atoms with E-state index in [-0.39, 0.29) is 6.04 Å². The molecule has 3 rings (SSSR count). The molecular formula is C16H16BrNO. The van der Waals surface area contributed by atoms with Gasteiger partial charge in [-0.3, -0.25) is 0 Å². The molecule has 0 saturated carbocycles. The lowest BCUT2D eigenvalue weighted by Gasteiger charge is -2.14. The average Bonchev–Trinajstić information content (AvgIpc) is 2.88. The Kier molecular flexibility index (Phi) is 3.58. The molecule has 1 atom stereocenters. The molecule has 2 nitrogen and oxygen atoms in total. The second-order valence-electron chi connectivity index (χ2n) is 4.87. The van der Waals surface area contributed by atoms with Crippen LogP contribution in [0.5, 0.6) is 5.75 Å². The summed E-state index contributed by atoms with van der Waals surface area (Å²) in [6.07, 6.45) is 1.83. The SMILES string of the molecule is NC(Cc1ccccc1Br)c1ccc2c(c1)CCO2. The van der Waals surface area contributed by atoms with E-state index in [1.54, 1.807) is 0 Å². The van der Waals surface area contributed by atoms with Crippen LogP contribution < -0.4 is 10.5 Å². The summed E-state index contributed by atoms with van der Waals surface area (Å²) in [7, 11) is 0. The first-order chi connectivity index (χ1) is 9.24. The molecule has 0 spiro atoms. The van der Waals surface area contributed by atoms with Crippen molar-refractivity contribution < 1.29 is 4.74 Å². The Labute approximate surface area is 121 Å². The number of hydrogen-bond acceptors (Lipinski definition) is 2. The first kappa shape index (κ1) is 12.7. The van der Waals surface area contributed by atoms with E-state index in [9.17, 15) is 0 Å². The van der Waals surface area contributed by atoms with E-state index in [2.05, 4.69) is 40.2 Å². The van der Waals surface area contributed by atoms with Gasteiger partial charge >= 0.3 is 0 Å². The van der Waals surface area contributed by atoms with Gasteiger partial charge < -0.3 is 10.5 Å². The number of rotatable bonds is 3. The Morgan fingerprint density at radius 1 is 1.21 bits per heavy atom. The third kappa shape index (κ3) is 2.67. The molecule has 1 unspecified atom stereocenters. The fraction of sp³-hybridized carbons (Fsp3) is 0.250. The molecule has 2 N–H and O–H groups in total. The Bertz CT molecular complexity index is 597. The molecule has 98 valence electrons. The summed E-state index contributed by atoms with van der Waals surface area (Å²) in [5.41, 5.74) is 10.0. The van der Waals surface area contributed by atoms with Gasteiger partial charge in [0.2, 0.25) is 0 Å². The highest BCUT2D eigenvalue weighted by molar-refractivity contribution is 9.10. The van der Waals surface area contributed by atoms with Crippen LogP contribution in [0.3, 0.4) is 0 Å². The van der Waals surface area contributed by atoms with E-state index in [1.165, 1.54) is 16.7 Å². The minimum atomic E-state index is 0.0181. The molecule has 0 bridgehead atoms. The lowest BCUT2D eigenvalue weighted by Crippen LogP contribution is -2.13. The van der Waals surface area contributed by atoms with E-state index in [1.807, 2.05) is 18.2 Å². The van der Waals surface area contributed by atoms with Crippen LogP contribution in [0.1, 0.15) is 22.7 Å². The predicted molar refractivity (Wildman–Crippen MR) is 80.4 cm³/mol. The Morgan fingerprint density at radius 2 is 2.05 bits per heavy atom. The lowest BCUT2D eigenvalue weighted by molar-refractivity contribution is 0.357. The minimum Gasteiger partial charge on any atom is -0.493 e. The van der Waals surface area contributed by atoms with Gasteiger partial charge in [-0.15, -0.1) is 0 Å². The normalized spacial score (nSPS) is 14.8. The van der Waals surface area contributed by atoms with Gasteiger partial charge in [-0.2, -0.15) is 0 Å². The summed E-state index contributed by atoms with van der Waals surface area (Å²) in [6, 6.07) is 14.5. The molecule has 1 aliphatic heterocycles. The number of benzene rings is 2. The van der Waals surface area contributed by atoms with Gasteiger partial charge in [-0.25, -0.2) is 0 Å². The molecule has 19 heavy (non-hydrogen) atoms. The smallest absolute Gasteiger partial charge is 0.122 e. The molecule has 0 aromatic heterocycles. The third-order valence-electron chi connectivity index (χ3n) is 3.54. The zero-order valence-electron chi connectivity index (χ0n) is 10.6. The monoisotopic (exact) mass is 317 g/mol. The van der Waals surface area contributed by atoms with E-state index >= 15 is 0 Å². The molecule has 0 aliphatic carbocycles. The van der Waals surface area contributed by atoms with E-state index in [0.717, 1.165) is 29.7 Å². The largest absolute Gasteiger partial charge is 0.493 e. The van der Waals surface area contributed by atoms with Gasteiger partial charge in [0.05, 0.1) is 6.61 Å². The maximum atomic E-state index is 6.33. The van der Waals surface area contributed by atoms with E-state index in [4.69, 9.17) is 10.5 Å². The highest BCUT2D eigenvalue weighted by atomic mass is 79.9. The number of hydrogen-bond donors (Lipinski definition) is 1. The van der Waals surface area contributed by atoms with Crippen LogP contribution in [0.4, 0.5) is 0 Å². The van der Waals surface area contributed by atoms with Gasteiger partial charge in [0.25, 0.3) is 0 Å². The van der Waals surface area contributed by atoms with Crippen LogP contribution in [-0.2, 0) is 12.8 Å². The van der Waals surface area contributed by atoms with Crippen LogP contribution in [0, 0.1) is 0 Å². The molecule has 2 aromatic carbocycles. The molecule has 0 radical (unpaired) electrons. The summed E-state index contributed by atoms with van der Waals surface area (Å²) in [4.78, 5) is 0. The quantitative estimate of drug-likeness (QED) is 0.938. The van der Waals surface area contributed by atoms with Crippen LogP contribution in [0.15, 0.2) is 46.9 Å². The first-order valence-electron chi connectivity index (χ1n) is 6.48. The number of ether oxygens (including phenoxy) is 1. The maximum Gasteiger partial charge on any atom is 0.122 e. The second kappa shape index (κ2) is 5.35. The van der Waals surface area contributed by atoms with Crippen LogP contribution in [0.25, 0.3) is 0 Å². The minimum absolute atomic E-state index is 0.0181. The van der Waals surface area contributed by atoms with Gasteiger partial charge in [-0.05, 0) is 35.2 Å². The molecule has 1 heterocycles. The summed E-state index contributed by atoms with van der Waals surface area (Å²) in [5.74, 6) is 1.01. The van der Waals surface area contributed by atoms with E-state index in [0.29, 0.717) is 0 Å². The standard InChI is InChI=1S/C16H16BrNO/c17-14-4-2-1-3-11(14)10-15(18)12-5-6-16-13(9-12)7-8-19-16/h1-6,9,15H,7-8,10,18H2. The van der Waals surface area contributed by atoms with Crippen molar-refractivity contribution in [2.75, 3.05) is 6.61 Å². The van der Waals surface area contributed by atoms with Crippen LogP contribution in [0.2, 0.25) is 0 Å². The fourth-order valence-corrected chi connectivity index (χ4v) is 2.90. The van der Waals surface area contributed by atoms with Gasteiger partial charge in [0.1, 0.15) is 5.75 Å². The van der Waals surface area contributed by atoms with Crippen molar-refractivity contribution in [1.29, 1.82) is 0 Å². The highest BCUT2D eigenvalue weighted by Gasteiger charge is 2.15. The molecular weight excluding hydrogens is 302 g/mol. The molecule has 1 aliphatic rings. The van der Waals surface area contributed by atoms with Crippen molar-refractivity contribution in [3.8, 4) is 5.75 Å². The molecule has 0 fully saturated rings. The van der Waals surface area contributed by atoms with Crippen molar-refractivity contribution in [3.63, 3.8) is 0 Å². The van der Waals surface area contributed by atoms with Crippen LogP contribution >= 0.6 is 15.9 Å². The Balaban J connectivity index is 1.81. The topological polar surface area (TPSA) is 35.2 Å². The maximum absolute atomic E-state index is 6.33. The van der Waals surface area contributed by atoms with E-state index < -0.39 is 0 Å². The molecule has 3 heteroatoms. The van der Waals surface area contributed by atoms with Gasteiger partial charge in [0.15, 0.2) is 0 Å². The Morgan fingerprint density at radius 3 is 2.89 bits per heavy atom.